The van der Waals surface area contributed by atoms with Gasteiger partial charge in [0.1, 0.15) is 12.7 Å². The number of benzene rings is 1. The van der Waals surface area contributed by atoms with Crippen molar-refractivity contribution in [3.05, 3.63) is 34.4 Å². The summed E-state index contributed by atoms with van der Waals surface area (Å²) in [7, 11) is 0. The summed E-state index contributed by atoms with van der Waals surface area (Å²) in [6, 6.07) is 6.11. The molecular formula is C16H24N2O9. The van der Waals surface area contributed by atoms with Gasteiger partial charge in [0.15, 0.2) is 5.75 Å². The first-order valence-electron chi connectivity index (χ1n) is 8.08. The van der Waals surface area contributed by atoms with Gasteiger partial charge >= 0.3 is 17.6 Å². The average Bonchev–Trinajstić information content (AvgIpc) is 2.63. The Bertz CT molecular complexity index is 583. The number of carboxylic acids is 2. The number of ether oxygens (including phenoxy) is 2. The highest BCUT2D eigenvalue weighted by molar-refractivity contribution is 6.27. The Labute approximate surface area is 155 Å². The Morgan fingerprint density at radius 1 is 1.26 bits per heavy atom. The zero-order chi connectivity index (χ0) is 20.7. The highest BCUT2D eigenvalue weighted by atomic mass is 16.6. The molecule has 0 bridgehead atoms. The van der Waals surface area contributed by atoms with E-state index in [2.05, 4.69) is 5.32 Å². The molecule has 0 aliphatic heterocycles. The minimum absolute atomic E-state index is 0.00329. The summed E-state index contributed by atoms with van der Waals surface area (Å²) in [5.74, 6) is -3.48. The minimum atomic E-state index is -1.82. The number of hydrogen-bond donors (Lipinski definition) is 4. The van der Waals surface area contributed by atoms with Crippen LogP contribution >= 0.6 is 0 Å². The molecule has 1 aromatic rings. The summed E-state index contributed by atoms with van der Waals surface area (Å²) in [6.45, 7) is 4.44. The Balaban J connectivity index is 0.000000972. The zero-order valence-corrected chi connectivity index (χ0v) is 14.9. The largest absolute Gasteiger partial charge is 0.484 e. The molecule has 1 aromatic carbocycles. The maximum Gasteiger partial charge on any atom is 0.414 e. The van der Waals surface area contributed by atoms with Gasteiger partial charge in [-0.05, 0) is 26.0 Å². The Kier molecular flexibility index (Phi) is 12.9. The summed E-state index contributed by atoms with van der Waals surface area (Å²) < 4.78 is 10.5. The van der Waals surface area contributed by atoms with Crippen molar-refractivity contribution in [2.24, 2.45) is 0 Å². The first-order valence-corrected chi connectivity index (χ1v) is 8.08. The van der Waals surface area contributed by atoms with Crippen LogP contribution in [0.5, 0.6) is 5.75 Å². The SMILES string of the molecule is CCOCCCNCC(O)COc1ccccc1[N+](=O)[O-].O=C(O)C(=O)O. The number of nitrogens with zero attached hydrogens (tertiary/aromatic N) is 1. The lowest BCUT2D eigenvalue weighted by molar-refractivity contribution is -0.385. The minimum Gasteiger partial charge on any atom is -0.484 e. The van der Waals surface area contributed by atoms with Crippen LogP contribution in [-0.2, 0) is 14.3 Å². The van der Waals surface area contributed by atoms with Gasteiger partial charge < -0.3 is 30.1 Å². The van der Waals surface area contributed by atoms with Crippen LogP contribution in [0.2, 0.25) is 0 Å². The lowest BCUT2D eigenvalue weighted by Gasteiger charge is -2.13. The average molecular weight is 388 g/mol. The van der Waals surface area contributed by atoms with Crippen LogP contribution < -0.4 is 10.1 Å². The molecule has 1 unspecified atom stereocenters. The van der Waals surface area contributed by atoms with Gasteiger partial charge in [0.05, 0.1) is 4.92 Å². The van der Waals surface area contributed by atoms with E-state index in [1.54, 1.807) is 12.1 Å². The van der Waals surface area contributed by atoms with Crippen molar-refractivity contribution in [3.63, 3.8) is 0 Å². The van der Waals surface area contributed by atoms with Crippen molar-refractivity contribution in [2.45, 2.75) is 19.4 Å². The molecule has 0 radical (unpaired) electrons. The van der Waals surface area contributed by atoms with Crippen molar-refractivity contribution in [1.82, 2.24) is 5.32 Å². The molecule has 0 aliphatic carbocycles. The Morgan fingerprint density at radius 2 is 1.89 bits per heavy atom. The third-order valence-electron chi connectivity index (χ3n) is 2.90. The number of nitro groups is 1. The first kappa shape index (κ1) is 24.2. The predicted molar refractivity (Wildman–Crippen MR) is 93.8 cm³/mol. The molecule has 1 atom stereocenters. The first-order chi connectivity index (χ1) is 12.8. The number of hydrogen-bond acceptors (Lipinski definition) is 8. The summed E-state index contributed by atoms with van der Waals surface area (Å²) in [4.78, 5) is 28.5. The third kappa shape index (κ3) is 12.3. The number of para-hydroxylation sites is 2. The molecule has 0 aliphatic rings. The number of nitro benzene ring substituents is 1. The second-order valence-electron chi connectivity index (χ2n) is 5.05. The molecule has 0 fully saturated rings. The van der Waals surface area contributed by atoms with Crippen LogP contribution in [0.15, 0.2) is 24.3 Å². The molecule has 152 valence electrons. The van der Waals surface area contributed by atoms with Gasteiger partial charge in [0.2, 0.25) is 0 Å². The molecule has 11 nitrogen and oxygen atoms in total. The van der Waals surface area contributed by atoms with Crippen molar-refractivity contribution in [2.75, 3.05) is 32.9 Å². The van der Waals surface area contributed by atoms with Gasteiger partial charge in [-0.1, -0.05) is 12.1 Å². The van der Waals surface area contributed by atoms with E-state index in [0.717, 1.165) is 13.0 Å². The molecule has 0 spiro atoms. The molecule has 27 heavy (non-hydrogen) atoms. The summed E-state index contributed by atoms with van der Waals surface area (Å²) in [5, 5.41) is 38.4. The summed E-state index contributed by atoms with van der Waals surface area (Å²) >= 11 is 0. The predicted octanol–water partition coefficient (Wildman–Crippen LogP) is 0.506. The fraction of sp³-hybridized carbons (Fsp3) is 0.500. The van der Waals surface area contributed by atoms with Gasteiger partial charge in [-0.25, -0.2) is 9.59 Å². The van der Waals surface area contributed by atoms with Crippen LogP contribution in [0.4, 0.5) is 5.69 Å². The second-order valence-corrected chi connectivity index (χ2v) is 5.05. The Hall–Kier alpha value is -2.76. The smallest absolute Gasteiger partial charge is 0.414 e. The quantitative estimate of drug-likeness (QED) is 0.181. The number of carboxylic acid groups (broad SMARTS) is 2. The van der Waals surface area contributed by atoms with Gasteiger partial charge in [-0.2, -0.15) is 0 Å². The van der Waals surface area contributed by atoms with E-state index in [-0.39, 0.29) is 18.0 Å². The number of rotatable bonds is 11. The molecule has 0 saturated carbocycles. The monoisotopic (exact) mass is 388 g/mol. The molecule has 1 rings (SSSR count). The zero-order valence-electron chi connectivity index (χ0n) is 14.9. The highest BCUT2D eigenvalue weighted by Crippen LogP contribution is 2.25. The lowest BCUT2D eigenvalue weighted by Crippen LogP contribution is -2.32. The second kappa shape index (κ2) is 14.4. The fourth-order valence-electron chi connectivity index (χ4n) is 1.69. The standard InChI is InChI=1S/C14H22N2O5.C2H2O4/c1-2-20-9-5-8-15-10-12(17)11-21-14-7-4-3-6-13(14)16(18)19;3-1(4)2(5)6/h3-4,6-7,12,15,17H,2,5,8-11H2,1H3;(H,3,4)(H,5,6). The highest BCUT2D eigenvalue weighted by Gasteiger charge is 2.15. The maximum atomic E-state index is 10.8. The molecular weight excluding hydrogens is 364 g/mol. The third-order valence-corrected chi connectivity index (χ3v) is 2.90. The molecule has 0 heterocycles. The van der Waals surface area contributed by atoms with Crippen molar-refractivity contribution in [1.29, 1.82) is 0 Å². The van der Waals surface area contributed by atoms with E-state index in [0.29, 0.717) is 19.8 Å². The lowest BCUT2D eigenvalue weighted by atomic mass is 10.3. The number of aliphatic hydroxyl groups excluding tert-OH is 1. The topological polar surface area (TPSA) is 168 Å². The Morgan fingerprint density at radius 3 is 2.44 bits per heavy atom. The van der Waals surface area contributed by atoms with Crippen LogP contribution in [0, 0.1) is 10.1 Å². The fourth-order valence-corrected chi connectivity index (χ4v) is 1.69. The molecule has 0 aromatic heterocycles. The van der Waals surface area contributed by atoms with Crippen LogP contribution in [0.25, 0.3) is 0 Å². The molecule has 0 saturated heterocycles. The van der Waals surface area contributed by atoms with Gasteiger partial charge in [-0.15, -0.1) is 0 Å². The van der Waals surface area contributed by atoms with E-state index < -0.39 is 23.0 Å². The van der Waals surface area contributed by atoms with Crippen LogP contribution in [0.3, 0.4) is 0 Å². The van der Waals surface area contributed by atoms with E-state index in [9.17, 15) is 15.2 Å². The summed E-state index contributed by atoms with van der Waals surface area (Å²) in [6.07, 6.45) is 0.142. The molecule has 4 N–H and O–H groups in total. The van der Waals surface area contributed by atoms with Gasteiger partial charge in [0.25, 0.3) is 0 Å². The van der Waals surface area contributed by atoms with Crippen LogP contribution in [0.1, 0.15) is 13.3 Å². The van der Waals surface area contributed by atoms with Crippen molar-refractivity contribution < 1.29 is 39.3 Å². The van der Waals surface area contributed by atoms with E-state index >= 15 is 0 Å². The molecule has 0 amide bonds. The molecule has 11 heteroatoms. The van der Waals surface area contributed by atoms with Gasteiger partial charge in [0, 0.05) is 25.8 Å². The van der Waals surface area contributed by atoms with Crippen LogP contribution in [-0.4, -0.2) is 71.2 Å². The number of aliphatic carboxylic acids is 2. The van der Waals surface area contributed by atoms with Gasteiger partial charge in [-0.3, -0.25) is 10.1 Å². The van der Waals surface area contributed by atoms with Crippen molar-refractivity contribution in [3.8, 4) is 5.75 Å². The van der Waals surface area contributed by atoms with E-state index in [4.69, 9.17) is 29.3 Å². The number of aliphatic hydroxyl groups is 1. The maximum absolute atomic E-state index is 10.8. The van der Waals surface area contributed by atoms with Crippen molar-refractivity contribution >= 4 is 17.6 Å². The number of nitrogens with one attached hydrogen (secondary N) is 1. The number of carbonyl (C=O) groups is 2. The van der Waals surface area contributed by atoms with E-state index in [1.165, 1.54) is 12.1 Å². The summed E-state index contributed by atoms with van der Waals surface area (Å²) in [5.41, 5.74) is -0.102. The normalized spacial score (nSPS) is 11.0. The van der Waals surface area contributed by atoms with E-state index in [1.807, 2.05) is 6.92 Å².